The minimum Gasteiger partial charge on any atom is -0.497 e. The smallest absolute Gasteiger partial charge is 0.139 e. The van der Waals surface area contributed by atoms with Gasteiger partial charge in [0.25, 0.3) is 0 Å². The number of aromatic nitrogens is 2. The van der Waals surface area contributed by atoms with Gasteiger partial charge in [-0.3, -0.25) is 0 Å². The number of benzene rings is 1. The van der Waals surface area contributed by atoms with Gasteiger partial charge in [0.05, 0.1) is 12.8 Å². The van der Waals surface area contributed by atoms with Crippen LogP contribution in [0.15, 0.2) is 30.5 Å². The Hall–Kier alpha value is -1.77. The number of hydrogen-bond acceptors (Lipinski definition) is 2. The Morgan fingerprint density at radius 3 is 2.44 bits per heavy atom. The third-order valence-electron chi connectivity index (χ3n) is 2.64. The summed E-state index contributed by atoms with van der Waals surface area (Å²) in [6.07, 6.45) is 3.03. The minimum atomic E-state index is 0.869. The molecule has 0 bridgehead atoms. The fourth-order valence-corrected chi connectivity index (χ4v) is 1.71. The third kappa shape index (κ3) is 1.94. The van der Waals surface area contributed by atoms with Gasteiger partial charge in [-0.15, -0.1) is 0 Å². The van der Waals surface area contributed by atoms with Gasteiger partial charge in [-0.1, -0.05) is 6.92 Å². The molecule has 0 saturated heterocycles. The number of nitrogens with zero attached hydrogens (tertiary/aromatic N) is 2. The molecule has 84 valence electrons. The van der Waals surface area contributed by atoms with E-state index in [1.54, 1.807) is 7.11 Å². The van der Waals surface area contributed by atoms with Crippen molar-refractivity contribution in [2.45, 2.75) is 13.3 Å². The van der Waals surface area contributed by atoms with E-state index in [0.717, 1.165) is 29.3 Å². The average molecular weight is 216 g/mol. The summed E-state index contributed by atoms with van der Waals surface area (Å²) < 4.78 is 7.19. The minimum absolute atomic E-state index is 0.869. The second kappa shape index (κ2) is 4.39. The van der Waals surface area contributed by atoms with E-state index in [4.69, 9.17) is 4.74 Å². The highest BCUT2D eigenvalue weighted by atomic mass is 16.5. The zero-order valence-corrected chi connectivity index (χ0v) is 9.90. The Labute approximate surface area is 95.7 Å². The molecule has 0 aliphatic carbocycles. The van der Waals surface area contributed by atoms with Crippen LogP contribution >= 0.6 is 0 Å². The van der Waals surface area contributed by atoms with Crippen molar-refractivity contribution >= 4 is 0 Å². The predicted octanol–water partition coefficient (Wildman–Crippen LogP) is 2.66. The molecule has 3 nitrogen and oxygen atoms in total. The molecule has 1 aromatic carbocycles. The first-order valence-electron chi connectivity index (χ1n) is 5.41. The first kappa shape index (κ1) is 10.7. The Bertz CT molecular complexity index is 471. The maximum atomic E-state index is 5.13. The second-order valence-electron chi connectivity index (χ2n) is 3.75. The van der Waals surface area contributed by atoms with Gasteiger partial charge in [-0.05, 0) is 30.7 Å². The van der Waals surface area contributed by atoms with Gasteiger partial charge in [-0.2, -0.15) is 0 Å². The van der Waals surface area contributed by atoms with Crippen LogP contribution in [0.1, 0.15) is 12.6 Å². The van der Waals surface area contributed by atoms with E-state index in [0.29, 0.717) is 0 Å². The molecule has 0 N–H and O–H groups in total. The number of aryl methyl sites for hydroxylation is 2. The molecular formula is C13H16N2O. The number of rotatable bonds is 3. The zero-order valence-electron chi connectivity index (χ0n) is 9.90. The van der Waals surface area contributed by atoms with Crippen LogP contribution in [0.25, 0.3) is 11.4 Å². The summed E-state index contributed by atoms with van der Waals surface area (Å²) in [5.74, 6) is 1.87. The molecule has 0 spiro atoms. The normalized spacial score (nSPS) is 10.4. The summed E-state index contributed by atoms with van der Waals surface area (Å²) in [4.78, 5) is 4.58. The van der Waals surface area contributed by atoms with Crippen LogP contribution in [-0.4, -0.2) is 16.7 Å². The van der Waals surface area contributed by atoms with Crippen LogP contribution in [0.4, 0.5) is 0 Å². The number of methoxy groups -OCH3 is 1. The Kier molecular flexibility index (Phi) is 2.95. The molecule has 0 radical (unpaired) electrons. The lowest BCUT2D eigenvalue weighted by Gasteiger charge is -2.03. The lowest BCUT2D eigenvalue weighted by molar-refractivity contribution is 0.415. The molecule has 1 heterocycles. The highest BCUT2D eigenvalue weighted by Crippen LogP contribution is 2.21. The fourth-order valence-electron chi connectivity index (χ4n) is 1.71. The molecule has 2 rings (SSSR count). The van der Waals surface area contributed by atoms with Crippen LogP contribution in [0.2, 0.25) is 0 Å². The second-order valence-corrected chi connectivity index (χ2v) is 3.75. The molecule has 0 atom stereocenters. The van der Waals surface area contributed by atoms with E-state index < -0.39 is 0 Å². The first-order valence-corrected chi connectivity index (χ1v) is 5.41. The summed E-state index contributed by atoms with van der Waals surface area (Å²) in [6, 6.07) is 7.96. The van der Waals surface area contributed by atoms with Crippen LogP contribution < -0.4 is 4.74 Å². The van der Waals surface area contributed by atoms with Crippen LogP contribution in [0.5, 0.6) is 5.75 Å². The topological polar surface area (TPSA) is 27.1 Å². The van der Waals surface area contributed by atoms with Crippen molar-refractivity contribution in [3.8, 4) is 17.1 Å². The maximum absolute atomic E-state index is 5.13. The Morgan fingerprint density at radius 1 is 1.25 bits per heavy atom. The Morgan fingerprint density at radius 2 is 1.94 bits per heavy atom. The van der Waals surface area contributed by atoms with Crippen LogP contribution in [-0.2, 0) is 13.5 Å². The van der Waals surface area contributed by atoms with E-state index in [-0.39, 0.29) is 0 Å². The van der Waals surface area contributed by atoms with E-state index in [1.807, 2.05) is 31.3 Å². The molecule has 2 aromatic rings. The molecule has 0 unspecified atom stereocenters. The SMILES string of the molecule is CCc1cn(C)c(-c2ccc(OC)cc2)n1. The van der Waals surface area contributed by atoms with Crippen molar-refractivity contribution in [3.63, 3.8) is 0 Å². The third-order valence-corrected chi connectivity index (χ3v) is 2.64. The van der Waals surface area contributed by atoms with E-state index in [2.05, 4.69) is 22.7 Å². The highest BCUT2D eigenvalue weighted by Gasteiger charge is 2.06. The van der Waals surface area contributed by atoms with Crippen molar-refractivity contribution in [2.24, 2.45) is 7.05 Å². The molecule has 1 aromatic heterocycles. The van der Waals surface area contributed by atoms with E-state index in [9.17, 15) is 0 Å². The maximum Gasteiger partial charge on any atom is 0.139 e. The van der Waals surface area contributed by atoms with Gasteiger partial charge >= 0.3 is 0 Å². The Balaban J connectivity index is 2.38. The van der Waals surface area contributed by atoms with Gasteiger partial charge in [-0.25, -0.2) is 4.98 Å². The molecule has 0 amide bonds. The lowest BCUT2D eigenvalue weighted by atomic mass is 10.2. The fraction of sp³-hybridized carbons (Fsp3) is 0.308. The van der Waals surface area contributed by atoms with Gasteiger partial charge in [0, 0.05) is 18.8 Å². The summed E-state index contributed by atoms with van der Waals surface area (Å²) in [6.45, 7) is 2.11. The molecule has 0 aliphatic heterocycles. The molecule has 0 saturated carbocycles. The zero-order chi connectivity index (χ0) is 11.5. The summed E-state index contributed by atoms with van der Waals surface area (Å²) >= 11 is 0. The highest BCUT2D eigenvalue weighted by molar-refractivity contribution is 5.57. The van der Waals surface area contributed by atoms with Gasteiger partial charge in [0.2, 0.25) is 0 Å². The quantitative estimate of drug-likeness (QED) is 0.788. The molecule has 16 heavy (non-hydrogen) atoms. The predicted molar refractivity (Wildman–Crippen MR) is 64.6 cm³/mol. The summed E-state index contributed by atoms with van der Waals surface area (Å²) in [5.41, 5.74) is 2.23. The van der Waals surface area contributed by atoms with Gasteiger partial charge in [0.15, 0.2) is 0 Å². The number of hydrogen-bond donors (Lipinski definition) is 0. The summed E-state index contributed by atoms with van der Waals surface area (Å²) in [5, 5.41) is 0. The van der Waals surface area contributed by atoms with Crippen molar-refractivity contribution < 1.29 is 4.74 Å². The molecule has 0 fully saturated rings. The van der Waals surface area contributed by atoms with Gasteiger partial charge < -0.3 is 9.30 Å². The van der Waals surface area contributed by atoms with Crippen LogP contribution in [0, 0.1) is 0 Å². The van der Waals surface area contributed by atoms with Crippen LogP contribution in [0.3, 0.4) is 0 Å². The van der Waals surface area contributed by atoms with Crippen molar-refractivity contribution in [3.05, 3.63) is 36.2 Å². The molecular weight excluding hydrogens is 200 g/mol. The first-order chi connectivity index (χ1) is 7.74. The standard InChI is InChI=1S/C13H16N2O/c1-4-11-9-15(2)13(14-11)10-5-7-12(16-3)8-6-10/h5-9H,4H2,1-3H3. The molecule has 3 heteroatoms. The lowest BCUT2D eigenvalue weighted by Crippen LogP contribution is -1.91. The molecule has 0 aliphatic rings. The van der Waals surface area contributed by atoms with Gasteiger partial charge in [0.1, 0.15) is 11.6 Å². The van der Waals surface area contributed by atoms with E-state index >= 15 is 0 Å². The number of ether oxygens (including phenoxy) is 1. The number of imidazole rings is 1. The summed E-state index contributed by atoms with van der Waals surface area (Å²) in [7, 11) is 3.69. The average Bonchev–Trinajstić information content (AvgIpc) is 2.71. The van der Waals surface area contributed by atoms with Crippen molar-refractivity contribution in [1.29, 1.82) is 0 Å². The largest absolute Gasteiger partial charge is 0.497 e. The monoisotopic (exact) mass is 216 g/mol. The van der Waals surface area contributed by atoms with Crippen molar-refractivity contribution in [2.75, 3.05) is 7.11 Å². The van der Waals surface area contributed by atoms with E-state index in [1.165, 1.54) is 0 Å². The van der Waals surface area contributed by atoms with Crippen molar-refractivity contribution in [1.82, 2.24) is 9.55 Å².